The van der Waals surface area contributed by atoms with Crippen molar-refractivity contribution in [2.24, 2.45) is 0 Å². The highest BCUT2D eigenvalue weighted by atomic mass is 32.2. The van der Waals surface area contributed by atoms with E-state index in [1.807, 2.05) is 6.07 Å². The highest BCUT2D eigenvalue weighted by molar-refractivity contribution is 7.99. The number of carboxylic acids is 1. The van der Waals surface area contributed by atoms with Gasteiger partial charge >= 0.3 is 5.97 Å². The quantitative estimate of drug-likeness (QED) is 0.613. The first-order chi connectivity index (χ1) is 12.1. The van der Waals surface area contributed by atoms with Crippen molar-refractivity contribution in [2.45, 2.75) is 11.4 Å². The standard InChI is InChI=1S/C16H15N5O3S/c22-15(23)10-25-14-7-6-12-18-19-13(21(12)20-14)8-9-17-16(24)11-4-2-1-3-5-11/h1-7H,8-10H2,(H,17,24)(H,22,23). The van der Waals surface area contributed by atoms with E-state index in [0.29, 0.717) is 35.0 Å². The topological polar surface area (TPSA) is 109 Å². The average Bonchev–Trinajstić information content (AvgIpc) is 3.03. The minimum atomic E-state index is -0.903. The van der Waals surface area contributed by atoms with Crippen LogP contribution in [0.3, 0.4) is 0 Å². The van der Waals surface area contributed by atoms with Crippen LogP contribution < -0.4 is 5.32 Å². The number of rotatable bonds is 7. The Labute approximate surface area is 147 Å². The largest absolute Gasteiger partial charge is 0.481 e. The second-order valence-corrected chi connectivity index (χ2v) is 6.11. The van der Waals surface area contributed by atoms with E-state index in [9.17, 15) is 9.59 Å². The summed E-state index contributed by atoms with van der Waals surface area (Å²) in [4.78, 5) is 22.7. The fourth-order valence-electron chi connectivity index (χ4n) is 2.16. The van der Waals surface area contributed by atoms with Gasteiger partial charge in [-0.25, -0.2) is 0 Å². The summed E-state index contributed by atoms with van der Waals surface area (Å²) in [5, 5.41) is 24.6. The first-order valence-electron chi connectivity index (χ1n) is 7.52. The van der Waals surface area contributed by atoms with Gasteiger partial charge in [0.25, 0.3) is 5.91 Å². The predicted octanol–water partition coefficient (Wildman–Crippen LogP) is 1.27. The number of hydrogen-bond donors (Lipinski definition) is 2. The second-order valence-electron chi connectivity index (χ2n) is 5.11. The number of aromatic nitrogens is 4. The Bertz CT molecular complexity index is 897. The third-order valence-corrected chi connectivity index (χ3v) is 4.22. The third-order valence-electron chi connectivity index (χ3n) is 3.32. The Morgan fingerprint density at radius 3 is 2.68 bits per heavy atom. The maximum Gasteiger partial charge on any atom is 0.313 e. The zero-order valence-electron chi connectivity index (χ0n) is 13.1. The van der Waals surface area contributed by atoms with Crippen LogP contribution in [0.25, 0.3) is 5.65 Å². The van der Waals surface area contributed by atoms with Crippen molar-refractivity contribution in [3.8, 4) is 0 Å². The number of carboxylic acid groups (broad SMARTS) is 1. The number of benzene rings is 1. The van der Waals surface area contributed by atoms with Gasteiger partial charge in [0.1, 0.15) is 5.03 Å². The second kappa shape index (κ2) is 7.75. The number of hydrogen-bond acceptors (Lipinski definition) is 6. The van der Waals surface area contributed by atoms with E-state index >= 15 is 0 Å². The number of carbonyl (C=O) groups excluding carboxylic acids is 1. The fourth-order valence-corrected chi connectivity index (χ4v) is 2.74. The van der Waals surface area contributed by atoms with Crippen LogP contribution in [0.15, 0.2) is 47.5 Å². The molecular formula is C16H15N5O3S. The highest BCUT2D eigenvalue weighted by Crippen LogP contribution is 2.15. The van der Waals surface area contributed by atoms with E-state index < -0.39 is 5.97 Å². The van der Waals surface area contributed by atoms with Crippen LogP contribution >= 0.6 is 11.8 Å². The van der Waals surface area contributed by atoms with Gasteiger partial charge in [-0.1, -0.05) is 30.0 Å². The molecule has 0 spiro atoms. The molecule has 128 valence electrons. The predicted molar refractivity (Wildman–Crippen MR) is 91.6 cm³/mol. The van der Waals surface area contributed by atoms with Crippen molar-refractivity contribution in [2.75, 3.05) is 12.3 Å². The molecule has 3 aromatic rings. The van der Waals surface area contributed by atoms with Crippen molar-refractivity contribution in [1.82, 2.24) is 25.1 Å². The van der Waals surface area contributed by atoms with Gasteiger partial charge in [0.2, 0.25) is 0 Å². The van der Waals surface area contributed by atoms with Gasteiger partial charge in [-0.05, 0) is 24.3 Å². The van der Waals surface area contributed by atoms with Crippen molar-refractivity contribution in [1.29, 1.82) is 0 Å². The molecule has 0 radical (unpaired) electrons. The lowest BCUT2D eigenvalue weighted by Crippen LogP contribution is -2.26. The molecule has 0 saturated carbocycles. The number of fused-ring (bicyclic) bond motifs is 1. The van der Waals surface area contributed by atoms with Crippen molar-refractivity contribution < 1.29 is 14.7 Å². The Hall–Kier alpha value is -2.94. The Morgan fingerprint density at radius 1 is 1.12 bits per heavy atom. The van der Waals surface area contributed by atoms with Gasteiger partial charge in [0.15, 0.2) is 11.5 Å². The molecule has 3 rings (SSSR count). The molecule has 0 fully saturated rings. The summed E-state index contributed by atoms with van der Waals surface area (Å²) < 4.78 is 1.57. The molecule has 0 aliphatic carbocycles. The van der Waals surface area contributed by atoms with Crippen molar-refractivity contribution >= 4 is 29.3 Å². The molecule has 1 amide bonds. The summed E-state index contributed by atoms with van der Waals surface area (Å²) in [6.07, 6.45) is 0.458. The summed E-state index contributed by atoms with van der Waals surface area (Å²) >= 11 is 1.12. The number of amides is 1. The number of nitrogens with zero attached hydrogens (tertiary/aromatic N) is 4. The maximum atomic E-state index is 12.0. The van der Waals surface area contributed by atoms with E-state index in [1.165, 1.54) is 0 Å². The summed E-state index contributed by atoms with van der Waals surface area (Å²) in [6.45, 7) is 0.392. The molecule has 1 aromatic carbocycles. The normalized spacial score (nSPS) is 10.7. The smallest absolute Gasteiger partial charge is 0.313 e. The van der Waals surface area contributed by atoms with Crippen LogP contribution in [0.4, 0.5) is 0 Å². The van der Waals surface area contributed by atoms with Crippen LogP contribution in [0.5, 0.6) is 0 Å². The van der Waals surface area contributed by atoms with Gasteiger partial charge in [0.05, 0.1) is 5.75 Å². The number of aliphatic carboxylic acids is 1. The lowest BCUT2D eigenvalue weighted by molar-refractivity contribution is -0.133. The monoisotopic (exact) mass is 357 g/mol. The Kier molecular flexibility index (Phi) is 5.24. The van der Waals surface area contributed by atoms with Crippen molar-refractivity contribution in [3.63, 3.8) is 0 Å². The maximum absolute atomic E-state index is 12.0. The molecule has 0 aliphatic rings. The van der Waals surface area contributed by atoms with E-state index in [4.69, 9.17) is 5.11 Å². The molecule has 25 heavy (non-hydrogen) atoms. The minimum Gasteiger partial charge on any atom is -0.481 e. The first kappa shape index (κ1) is 16.9. The molecule has 8 nitrogen and oxygen atoms in total. The minimum absolute atomic E-state index is 0.0664. The molecule has 9 heteroatoms. The van der Waals surface area contributed by atoms with Crippen LogP contribution in [0, 0.1) is 0 Å². The van der Waals surface area contributed by atoms with Gasteiger partial charge < -0.3 is 10.4 Å². The first-order valence-corrected chi connectivity index (χ1v) is 8.51. The molecule has 0 aliphatic heterocycles. The van der Waals surface area contributed by atoms with Gasteiger partial charge in [-0.2, -0.15) is 9.61 Å². The van der Waals surface area contributed by atoms with Crippen LogP contribution in [0.1, 0.15) is 16.2 Å². The fraction of sp³-hybridized carbons (Fsp3) is 0.188. The molecule has 2 aromatic heterocycles. The highest BCUT2D eigenvalue weighted by Gasteiger charge is 2.10. The van der Waals surface area contributed by atoms with Crippen LogP contribution in [-0.4, -0.2) is 49.1 Å². The van der Waals surface area contributed by atoms with Crippen LogP contribution in [0.2, 0.25) is 0 Å². The molecular weight excluding hydrogens is 342 g/mol. The summed E-state index contributed by atoms with van der Waals surface area (Å²) in [6, 6.07) is 12.4. The van der Waals surface area contributed by atoms with Gasteiger partial charge in [0, 0.05) is 18.5 Å². The zero-order valence-corrected chi connectivity index (χ0v) is 13.9. The SMILES string of the molecule is O=C(O)CSc1ccc2nnc(CCNC(=O)c3ccccc3)n2n1. The van der Waals surface area contributed by atoms with Gasteiger partial charge in [-0.3, -0.25) is 9.59 Å². The Balaban J connectivity index is 1.64. The number of thioether (sulfide) groups is 1. The molecule has 2 N–H and O–H groups in total. The lowest BCUT2D eigenvalue weighted by Gasteiger charge is -2.05. The van der Waals surface area contributed by atoms with Crippen LogP contribution in [-0.2, 0) is 11.2 Å². The molecule has 0 saturated heterocycles. The summed E-state index contributed by atoms with van der Waals surface area (Å²) in [5.41, 5.74) is 1.17. The molecule has 0 atom stereocenters. The van der Waals surface area contributed by atoms with Crippen molar-refractivity contribution in [3.05, 3.63) is 53.9 Å². The Morgan fingerprint density at radius 2 is 1.92 bits per heavy atom. The van der Waals surface area contributed by atoms with Gasteiger partial charge in [-0.15, -0.1) is 10.2 Å². The average molecular weight is 357 g/mol. The van der Waals surface area contributed by atoms with E-state index in [-0.39, 0.29) is 11.7 Å². The van der Waals surface area contributed by atoms with E-state index in [2.05, 4.69) is 20.6 Å². The summed E-state index contributed by atoms with van der Waals surface area (Å²) in [5.74, 6) is -0.524. The van der Waals surface area contributed by atoms with E-state index in [0.717, 1.165) is 11.8 Å². The molecule has 0 unspecified atom stereocenters. The molecule has 2 heterocycles. The zero-order chi connectivity index (χ0) is 17.6. The third kappa shape index (κ3) is 4.32. The van der Waals surface area contributed by atoms with E-state index in [1.54, 1.807) is 40.9 Å². The number of nitrogens with one attached hydrogen (secondary N) is 1. The number of carbonyl (C=O) groups is 2. The lowest BCUT2D eigenvalue weighted by atomic mass is 10.2. The summed E-state index contributed by atoms with van der Waals surface area (Å²) in [7, 11) is 0. The molecule has 0 bridgehead atoms.